The highest BCUT2D eigenvalue weighted by Crippen LogP contribution is 2.33. The third-order valence-electron chi connectivity index (χ3n) is 6.52. The van der Waals surface area contributed by atoms with Crippen LogP contribution in [0, 0.1) is 6.92 Å². The van der Waals surface area contributed by atoms with Crippen molar-refractivity contribution in [3.63, 3.8) is 0 Å². The van der Waals surface area contributed by atoms with E-state index in [0.29, 0.717) is 18.6 Å². The lowest BCUT2D eigenvalue weighted by Gasteiger charge is -2.29. The standard InChI is InChI=1S/C29H35NO/c1-23-9-11-24(12-10-23)8-5-21-30-28-17-13-26(14-18-28)27-15-19-29(20-16-27)31-22-25-6-3-2-4-7-25/h2-4,6-7,9-12,15-16,19-20,26,28,30H,5,8,13-14,17-18,21-22H2,1H3/t26-,28-. The summed E-state index contributed by atoms with van der Waals surface area (Å²) in [5, 5.41) is 3.80. The van der Waals surface area contributed by atoms with Gasteiger partial charge in [-0.25, -0.2) is 0 Å². The highest BCUT2D eigenvalue weighted by atomic mass is 16.5. The van der Waals surface area contributed by atoms with Crippen LogP contribution in [0.25, 0.3) is 0 Å². The number of hydrogen-bond donors (Lipinski definition) is 1. The van der Waals surface area contributed by atoms with Crippen LogP contribution in [-0.4, -0.2) is 12.6 Å². The van der Waals surface area contributed by atoms with Crippen molar-refractivity contribution in [1.82, 2.24) is 5.32 Å². The van der Waals surface area contributed by atoms with Gasteiger partial charge in [0.1, 0.15) is 12.4 Å². The summed E-state index contributed by atoms with van der Waals surface area (Å²) in [4.78, 5) is 0. The Kier molecular flexibility index (Phi) is 7.79. The van der Waals surface area contributed by atoms with Crippen LogP contribution in [0.15, 0.2) is 78.9 Å². The quantitative estimate of drug-likeness (QED) is 0.389. The van der Waals surface area contributed by atoms with Gasteiger partial charge in [-0.15, -0.1) is 0 Å². The summed E-state index contributed by atoms with van der Waals surface area (Å²) in [5.41, 5.74) is 5.46. The Morgan fingerprint density at radius 1 is 0.774 bits per heavy atom. The molecule has 31 heavy (non-hydrogen) atoms. The first kappa shape index (κ1) is 21.6. The maximum Gasteiger partial charge on any atom is 0.119 e. The van der Waals surface area contributed by atoms with Gasteiger partial charge in [0.15, 0.2) is 0 Å². The summed E-state index contributed by atoms with van der Waals surface area (Å²) in [7, 11) is 0. The minimum atomic E-state index is 0.626. The SMILES string of the molecule is Cc1ccc(CCCN[C@H]2CC[C@H](c3ccc(OCc4ccccc4)cc3)CC2)cc1. The molecule has 162 valence electrons. The Balaban J connectivity index is 1.15. The number of hydrogen-bond acceptors (Lipinski definition) is 2. The summed E-state index contributed by atoms with van der Waals surface area (Å²) < 4.78 is 5.93. The minimum absolute atomic E-state index is 0.626. The molecule has 1 saturated carbocycles. The molecule has 0 unspecified atom stereocenters. The molecule has 0 spiro atoms. The van der Waals surface area contributed by atoms with E-state index in [0.717, 1.165) is 12.3 Å². The highest BCUT2D eigenvalue weighted by molar-refractivity contribution is 5.30. The molecule has 3 aromatic rings. The molecular formula is C29H35NO. The van der Waals surface area contributed by atoms with Crippen molar-refractivity contribution >= 4 is 0 Å². The predicted molar refractivity (Wildman–Crippen MR) is 130 cm³/mol. The molecule has 1 N–H and O–H groups in total. The zero-order valence-electron chi connectivity index (χ0n) is 18.7. The molecule has 2 heteroatoms. The summed E-state index contributed by atoms with van der Waals surface area (Å²) in [6.07, 6.45) is 7.50. The van der Waals surface area contributed by atoms with Crippen LogP contribution in [0.4, 0.5) is 0 Å². The zero-order chi connectivity index (χ0) is 21.3. The van der Waals surface area contributed by atoms with Crippen molar-refractivity contribution in [1.29, 1.82) is 0 Å². The van der Waals surface area contributed by atoms with Crippen molar-refractivity contribution in [2.24, 2.45) is 0 Å². The molecule has 1 aliphatic rings. The molecule has 0 bridgehead atoms. The fourth-order valence-corrected chi connectivity index (χ4v) is 4.56. The van der Waals surface area contributed by atoms with Gasteiger partial charge in [0.05, 0.1) is 0 Å². The van der Waals surface area contributed by atoms with Crippen molar-refractivity contribution < 1.29 is 4.74 Å². The summed E-state index contributed by atoms with van der Waals surface area (Å²) in [6.45, 7) is 3.90. The normalized spacial score (nSPS) is 18.6. The van der Waals surface area contributed by atoms with E-state index in [1.165, 1.54) is 60.8 Å². The van der Waals surface area contributed by atoms with Crippen LogP contribution in [0.3, 0.4) is 0 Å². The van der Waals surface area contributed by atoms with E-state index in [9.17, 15) is 0 Å². The molecule has 0 heterocycles. The fourth-order valence-electron chi connectivity index (χ4n) is 4.56. The minimum Gasteiger partial charge on any atom is -0.489 e. The highest BCUT2D eigenvalue weighted by Gasteiger charge is 2.21. The van der Waals surface area contributed by atoms with E-state index >= 15 is 0 Å². The van der Waals surface area contributed by atoms with Gasteiger partial charge in [-0.05, 0) is 86.7 Å². The van der Waals surface area contributed by atoms with E-state index in [2.05, 4.69) is 85.0 Å². The first-order chi connectivity index (χ1) is 15.3. The molecule has 0 radical (unpaired) electrons. The Morgan fingerprint density at radius 3 is 2.19 bits per heavy atom. The predicted octanol–water partition coefficient (Wildman–Crippen LogP) is 6.82. The van der Waals surface area contributed by atoms with Gasteiger partial charge in [0.2, 0.25) is 0 Å². The molecule has 2 nitrogen and oxygen atoms in total. The average Bonchev–Trinajstić information content (AvgIpc) is 2.83. The third kappa shape index (κ3) is 6.70. The lowest BCUT2D eigenvalue weighted by Crippen LogP contribution is -2.33. The topological polar surface area (TPSA) is 21.3 Å². The summed E-state index contributed by atoms with van der Waals surface area (Å²) in [6, 6.07) is 28.8. The number of nitrogens with one attached hydrogen (secondary N) is 1. The van der Waals surface area contributed by atoms with Gasteiger partial charge in [-0.2, -0.15) is 0 Å². The second-order valence-corrected chi connectivity index (χ2v) is 8.94. The second-order valence-electron chi connectivity index (χ2n) is 8.94. The largest absolute Gasteiger partial charge is 0.489 e. The fraction of sp³-hybridized carbons (Fsp3) is 0.379. The second kappa shape index (κ2) is 11.2. The smallest absolute Gasteiger partial charge is 0.119 e. The van der Waals surface area contributed by atoms with Gasteiger partial charge >= 0.3 is 0 Å². The van der Waals surface area contributed by atoms with Gasteiger partial charge in [-0.1, -0.05) is 72.3 Å². The van der Waals surface area contributed by atoms with Gasteiger partial charge in [0.25, 0.3) is 0 Å². The van der Waals surface area contributed by atoms with Crippen LogP contribution in [0.2, 0.25) is 0 Å². The van der Waals surface area contributed by atoms with Crippen LogP contribution < -0.4 is 10.1 Å². The Morgan fingerprint density at radius 2 is 1.48 bits per heavy atom. The summed E-state index contributed by atoms with van der Waals surface area (Å²) >= 11 is 0. The van der Waals surface area contributed by atoms with Crippen molar-refractivity contribution in [2.45, 2.75) is 64.0 Å². The lowest BCUT2D eigenvalue weighted by molar-refractivity contribution is 0.305. The van der Waals surface area contributed by atoms with Crippen molar-refractivity contribution in [3.8, 4) is 5.75 Å². The maximum absolute atomic E-state index is 5.93. The van der Waals surface area contributed by atoms with E-state index < -0.39 is 0 Å². The molecule has 4 rings (SSSR count). The first-order valence-electron chi connectivity index (χ1n) is 11.8. The van der Waals surface area contributed by atoms with Crippen LogP contribution in [-0.2, 0) is 13.0 Å². The van der Waals surface area contributed by atoms with Crippen molar-refractivity contribution in [3.05, 3.63) is 101 Å². The number of benzene rings is 3. The van der Waals surface area contributed by atoms with Crippen LogP contribution >= 0.6 is 0 Å². The van der Waals surface area contributed by atoms with E-state index in [4.69, 9.17) is 4.74 Å². The molecule has 0 amide bonds. The van der Waals surface area contributed by atoms with Crippen LogP contribution in [0.1, 0.15) is 60.3 Å². The van der Waals surface area contributed by atoms with E-state index in [1.807, 2.05) is 6.07 Å². The average molecular weight is 414 g/mol. The molecule has 1 fully saturated rings. The number of ether oxygens (including phenoxy) is 1. The molecular weight excluding hydrogens is 378 g/mol. The summed E-state index contributed by atoms with van der Waals surface area (Å²) in [5.74, 6) is 1.64. The number of rotatable bonds is 9. The van der Waals surface area contributed by atoms with Gasteiger partial charge < -0.3 is 10.1 Å². The van der Waals surface area contributed by atoms with Crippen molar-refractivity contribution in [2.75, 3.05) is 6.54 Å². The van der Waals surface area contributed by atoms with Gasteiger partial charge in [-0.3, -0.25) is 0 Å². The molecule has 0 aliphatic heterocycles. The molecule has 0 aromatic heterocycles. The van der Waals surface area contributed by atoms with Gasteiger partial charge in [0, 0.05) is 6.04 Å². The Labute approximate surface area is 187 Å². The van der Waals surface area contributed by atoms with E-state index in [-0.39, 0.29) is 0 Å². The molecule has 1 aliphatic carbocycles. The monoisotopic (exact) mass is 413 g/mol. The Hall–Kier alpha value is -2.58. The number of aryl methyl sites for hydroxylation is 2. The van der Waals surface area contributed by atoms with E-state index in [1.54, 1.807) is 0 Å². The molecule has 0 saturated heterocycles. The third-order valence-corrected chi connectivity index (χ3v) is 6.52. The lowest BCUT2D eigenvalue weighted by atomic mass is 9.81. The Bertz CT molecular complexity index is 894. The first-order valence-corrected chi connectivity index (χ1v) is 11.8. The molecule has 0 atom stereocenters. The zero-order valence-corrected chi connectivity index (χ0v) is 18.7. The molecule has 3 aromatic carbocycles. The van der Waals surface area contributed by atoms with Crippen LogP contribution in [0.5, 0.6) is 5.75 Å². The maximum atomic E-state index is 5.93.